The van der Waals surface area contributed by atoms with Gasteiger partial charge >= 0.3 is 6.18 Å². The number of likely N-dealkylation sites (N-methyl/N-ethyl adjacent to an activating group) is 1. The molecule has 25 heavy (non-hydrogen) atoms. The molecule has 2 aromatic rings. The summed E-state index contributed by atoms with van der Waals surface area (Å²) in [5.41, 5.74) is 0.442. The average Bonchev–Trinajstić information content (AvgIpc) is 2.97. The molecule has 2 aromatic heterocycles. The Bertz CT molecular complexity index is 752. The summed E-state index contributed by atoms with van der Waals surface area (Å²) in [6.45, 7) is 3.59. The standard InChI is InChI=1S/C15H21F3N6O/c1-10-8-11(19-9-14(23(2)3)4-6-25-7-5-14)24-13(20-10)21-12(22-24)15(16,17)18/h8,19H,4-7,9H2,1-3H3. The molecule has 0 saturated carbocycles. The Morgan fingerprint density at radius 2 is 1.96 bits per heavy atom. The third kappa shape index (κ3) is 3.54. The van der Waals surface area contributed by atoms with E-state index in [1.165, 1.54) is 0 Å². The topological polar surface area (TPSA) is 67.6 Å². The first-order valence-corrected chi connectivity index (χ1v) is 8.02. The molecule has 1 saturated heterocycles. The third-order valence-electron chi connectivity index (χ3n) is 4.66. The van der Waals surface area contributed by atoms with Gasteiger partial charge in [-0.2, -0.15) is 22.7 Å². The van der Waals surface area contributed by atoms with Crippen molar-refractivity contribution < 1.29 is 17.9 Å². The van der Waals surface area contributed by atoms with Crippen molar-refractivity contribution in [2.45, 2.75) is 31.5 Å². The van der Waals surface area contributed by atoms with Gasteiger partial charge in [0, 0.05) is 37.1 Å². The van der Waals surface area contributed by atoms with Gasteiger partial charge in [-0.05, 0) is 33.9 Å². The minimum atomic E-state index is -4.61. The summed E-state index contributed by atoms with van der Waals surface area (Å²) in [4.78, 5) is 9.67. The minimum Gasteiger partial charge on any atom is -0.381 e. The predicted molar refractivity (Wildman–Crippen MR) is 85.5 cm³/mol. The number of hydrogen-bond donors (Lipinski definition) is 1. The van der Waals surface area contributed by atoms with E-state index < -0.39 is 12.0 Å². The molecule has 1 aliphatic rings. The molecule has 3 heterocycles. The number of nitrogens with one attached hydrogen (secondary N) is 1. The Labute approximate surface area is 143 Å². The maximum atomic E-state index is 12.9. The lowest BCUT2D eigenvalue weighted by Crippen LogP contribution is -2.53. The number of hydrogen-bond acceptors (Lipinski definition) is 6. The lowest BCUT2D eigenvalue weighted by atomic mass is 9.88. The summed E-state index contributed by atoms with van der Waals surface area (Å²) in [5.74, 6) is -0.819. The molecule has 0 aliphatic carbocycles. The van der Waals surface area contributed by atoms with Gasteiger partial charge in [0.25, 0.3) is 11.6 Å². The van der Waals surface area contributed by atoms with Gasteiger partial charge in [-0.15, -0.1) is 5.10 Å². The summed E-state index contributed by atoms with van der Waals surface area (Å²) >= 11 is 0. The number of ether oxygens (including phenoxy) is 1. The fourth-order valence-corrected chi connectivity index (χ4v) is 3.02. The smallest absolute Gasteiger partial charge is 0.381 e. The van der Waals surface area contributed by atoms with Gasteiger partial charge in [-0.3, -0.25) is 0 Å². The summed E-state index contributed by atoms with van der Waals surface area (Å²) < 4.78 is 45.2. The van der Waals surface area contributed by atoms with E-state index in [9.17, 15) is 13.2 Å². The maximum Gasteiger partial charge on any atom is 0.453 e. The number of aromatic nitrogens is 4. The van der Waals surface area contributed by atoms with E-state index in [2.05, 4.69) is 25.3 Å². The molecule has 0 aromatic carbocycles. The normalized spacial score (nSPS) is 18.0. The number of halogens is 3. The van der Waals surface area contributed by atoms with Crippen LogP contribution in [0.15, 0.2) is 6.07 Å². The minimum absolute atomic E-state index is 0.0688. The number of nitrogens with zero attached hydrogens (tertiary/aromatic N) is 5. The monoisotopic (exact) mass is 358 g/mol. The van der Waals surface area contributed by atoms with Gasteiger partial charge in [-0.25, -0.2) is 4.98 Å². The van der Waals surface area contributed by atoms with E-state index in [0.29, 0.717) is 31.3 Å². The van der Waals surface area contributed by atoms with Crippen LogP contribution >= 0.6 is 0 Å². The van der Waals surface area contributed by atoms with Crippen LogP contribution in [0.2, 0.25) is 0 Å². The number of alkyl halides is 3. The number of anilines is 1. The van der Waals surface area contributed by atoms with Crippen molar-refractivity contribution in [2.75, 3.05) is 39.2 Å². The van der Waals surface area contributed by atoms with Crippen molar-refractivity contribution in [3.05, 3.63) is 17.6 Å². The van der Waals surface area contributed by atoms with Crippen molar-refractivity contribution >= 4 is 11.6 Å². The Morgan fingerprint density at radius 1 is 1.28 bits per heavy atom. The fraction of sp³-hybridized carbons (Fsp3) is 0.667. The lowest BCUT2D eigenvalue weighted by molar-refractivity contribution is -0.144. The van der Waals surface area contributed by atoms with Crippen LogP contribution in [0, 0.1) is 6.92 Å². The van der Waals surface area contributed by atoms with Gasteiger partial charge in [-0.1, -0.05) is 0 Å². The highest BCUT2D eigenvalue weighted by Crippen LogP contribution is 2.29. The predicted octanol–water partition coefficient (Wildman–Crippen LogP) is 1.97. The highest BCUT2D eigenvalue weighted by molar-refractivity contribution is 5.45. The number of fused-ring (bicyclic) bond motifs is 1. The molecule has 1 aliphatic heterocycles. The zero-order valence-electron chi connectivity index (χ0n) is 14.4. The third-order valence-corrected chi connectivity index (χ3v) is 4.66. The Morgan fingerprint density at radius 3 is 2.56 bits per heavy atom. The van der Waals surface area contributed by atoms with Gasteiger partial charge < -0.3 is 15.0 Å². The van der Waals surface area contributed by atoms with E-state index in [4.69, 9.17) is 4.74 Å². The van der Waals surface area contributed by atoms with Crippen molar-refractivity contribution in [3.63, 3.8) is 0 Å². The molecule has 0 unspecified atom stereocenters. The van der Waals surface area contributed by atoms with E-state index in [1.807, 2.05) is 14.1 Å². The molecule has 1 N–H and O–H groups in total. The van der Waals surface area contributed by atoms with E-state index in [-0.39, 0.29) is 11.3 Å². The summed E-state index contributed by atoms with van der Waals surface area (Å²) in [6.07, 6.45) is -2.93. The second kappa shape index (κ2) is 6.41. The first-order valence-electron chi connectivity index (χ1n) is 8.02. The molecule has 7 nitrogen and oxygen atoms in total. The van der Waals surface area contributed by atoms with Crippen LogP contribution in [0.5, 0.6) is 0 Å². The number of rotatable bonds is 4. The van der Waals surface area contributed by atoms with Crippen LogP contribution in [0.25, 0.3) is 5.78 Å². The average molecular weight is 358 g/mol. The van der Waals surface area contributed by atoms with Crippen molar-refractivity contribution in [1.29, 1.82) is 0 Å². The van der Waals surface area contributed by atoms with Gasteiger partial charge in [0.15, 0.2) is 0 Å². The quantitative estimate of drug-likeness (QED) is 0.901. The lowest BCUT2D eigenvalue weighted by Gasteiger charge is -2.43. The molecule has 138 valence electrons. The fourth-order valence-electron chi connectivity index (χ4n) is 3.02. The molecular formula is C15H21F3N6O. The number of aryl methyl sites for hydroxylation is 1. The summed E-state index contributed by atoms with van der Waals surface area (Å²) in [7, 11) is 4.00. The van der Waals surface area contributed by atoms with Gasteiger partial charge in [0.05, 0.1) is 0 Å². The maximum absolute atomic E-state index is 12.9. The summed E-state index contributed by atoms with van der Waals surface area (Å²) in [5, 5.41) is 6.81. The Balaban J connectivity index is 1.91. The van der Waals surface area contributed by atoms with Crippen molar-refractivity contribution in [2.24, 2.45) is 0 Å². The Kier molecular flexibility index (Phi) is 4.58. The highest BCUT2D eigenvalue weighted by Gasteiger charge is 2.37. The highest BCUT2D eigenvalue weighted by atomic mass is 19.4. The molecule has 0 bridgehead atoms. The molecule has 0 radical (unpaired) electrons. The molecule has 0 atom stereocenters. The van der Waals surface area contributed by atoms with Crippen LogP contribution < -0.4 is 5.32 Å². The molecular weight excluding hydrogens is 337 g/mol. The van der Waals surface area contributed by atoms with Crippen molar-refractivity contribution in [3.8, 4) is 0 Å². The van der Waals surface area contributed by atoms with Crippen LogP contribution in [0.1, 0.15) is 24.4 Å². The molecule has 0 spiro atoms. The molecule has 10 heteroatoms. The van der Waals surface area contributed by atoms with Crippen LogP contribution in [-0.2, 0) is 10.9 Å². The second-order valence-electron chi connectivity index (χ2n) is 6.51. The van der Waals surface area contributed by atoms with Crippen LogP contribution in [0.3, 0.4) is 0 Å². The first-order chi connectivity index (χ1) is 11.7. The summed E-state index contributed by atoms with van der Waals surface area (Å²) in [6, 6.07) is 1.67. The molecule has 0 amide bonds. The largest absolute Gasteiger partial charge is 0.453 e. The SMILES string of the molecule is Cc1cc(NCC2(N(C)C)CCOCC2)n2nc(C(F)(F)F)nc2n1. The van der Waals surface area contributed by atoms with E-state index in [1.54, 1.807) is 13.0 Å². The van der Waals surface area contributed by atoms with Gasteiger partial charge in [0.2, 0.25) is 0 Å². The first kappa shape index (κ1) is 17.9. The van der Waals surface area contributed by atoms with E-state index in [0.717, 1.165) is 17.4 Å². The van der Waals surface area contributed by atoms with Crippen LogP contribution in [0.4, 0.5) is 19.0 Å². The van der Waals surface area contributed by atoms with Crippen LogP contribution in [-0.4, -0.2) is 63.9 Å². The Hall–Kier alpha value is -1.94. The zero-order valence-corrected chi connectivity index (χ0v) is 14.4. The molecule has 1 fully saturated rings. The zero-order chi connectivity index (χ0) is 18.2. The van der Waals surface area contributed by atoms with Gasteiger partial charge in [0.1, 0.15) is 5.82 Å². The molecule has 3 rings (SSSR count). The van der Waals surface area contributed by atoms with Crippen molar-refractivity contribution in [1.82, 2.24) is 24.5 Å². The van der Waals surface area contributed by atoms with E-state index >= 15 is 0 Å². The second-order valence-corrected chi connectivity index (χ2v) is 6.51.